The van der Waals surface area contributed by atoms with Gasteiger partial charge in [-0.2, -0.15) is 0 Å². The van der Waals surface area contributed by atoms with E-state index >= 15 is 0 Å². The summed E-state index contributed by atoms with van der Waals surface area (Å²) in [6, 6.07) is 6.50. The van der Waals surface area contributed by atoms with Gasteiger partial charge in [0.25, 0.3) is 11.8 Å². The average Bonchev–Trinajstić information content (AvgIpc) is 3.12. The van der Waals surface area contributed by atoms with Crippen LogP contribution < -0.4 is 5.48 Å². The van der Waals surface area contributed by atoms with Gasteiger partial charge in [-0.25, -0.2) is 5.48 Å². The summed E-state index contributed by atoms with van der Waals surface area (Å²) in [5, 5.41) is 0.428. The van der Waals surface area contributed by atoms with Crippen molar-refractivity contribution in [2.75, 3.05) is 12.4 Å². The summed E-state index contributed by atoms with van der Waals surface area (Å²) in [5.74, 6) is 0.562. The lowest BCUT2D eigenvalue weighted by Crippen LogP contribution is -2.51. The Bertz CT molecular complexity index is 651. The fourth-order valence-corrected chi connectivity index (χ4v) is 5.61. The molecule has 0 radical (unpaired) electrons. The number of thioether (sulfide) groups is 1. The minimum atomic E-state index is -0.540. The highest BCUT2D eigenvalue weighted by molar-refractivity contribution is 8.00. The van der Waals surface area contributed by atoms with Gasteiger partial charge in [0.2, 0.25) is 0 Å². The van der Waals surface area contributed by atoms with Crippen LogP contribution in [0.1, 0.15) is 49.4 Å². The first-order chi connectivity index (χ1) is 12.6. The molecule has 1 aliphatic heterocycles. The van der Waals surface area contributed by atoms with Crippen molar-refractivity contribution in [3.8, 4) is 0 Å². The molecule has 7 heteroatoms. The third kappa shape index (κ3) is 4.18. The number of halogens is 1. The lowest BCUT2D eigenvalue weighted by molar-refractivity contribution is -0.137. The Morgan fingerprint density at radius 2 is 2.00 bits per heavy atom. The fourth-order valence-electron chi connectivity index (χ4n) is 3.75. The summed E-state index contributed by atoms with van der Waals surface area (Å²) < 4.78 is 0. The van der Waals surface area contributed by atoms with Gasteiger partial charge in [-0.05, 0) is 37.8 Å². The molecule has 1 N–H and O–H groups in total. The molecule has 142 valence electrons. The molecule has 3 rings (SSSR count). The first kappa shape index (κ1) is 19.5. The quantitative estimate of drug-likeness (QED) is 0.767. The number of hydrogen-bond acceptors (Lipinski definition) is 4. The van der Waals surface area contributed by atoms with Gasteiger partial charge in [-0.1, -0.05) is 43.0 Å². The molecule has 0 aromatic heterocycles. The third-order valence-electron chi connectivity index (χ3n) is 5.05. The molecule has 2 atom stereocenters. The predicted octanol–water partition coefficient (Wildman–Crippen LogP) is 3.87. The van der Waals surface area contributed by atoms with Crippen molar-refractivity contribution in [3.63, 3.8) is 0 Å². The lowest BCUT2D eigenvalue weighted by Gasteiger charge is -2.35. The number of nitrogens with zero attached hydrogens (tertiary/aromatic N) is 1. The normalized spacial score (nSPS) is 23.8. The van der Waals surface area contributed by atoms with E-state index in [0.29, 0.717) is 28.9 Å². The smallest absolute Gasteiger partial charge is 0.267 e. The van der Waals surface area contributed by atoms with Crippen LogP contribution in [0.2, 0.25) is 5.02 Å². The summed E-state index contributed by atoms with van der Waals surface area (Å²) in [7, 11) is 0. The van der Waals surface area contributed by atoms with Gasteiger partial charge in [-0.15, -0.1) is 11.8 Å². The van der Waals surface area contributed by atoms with Crippen LogP contribution in [0.15, 0.2) is 24.3 Å². The van der Waals surface area contributed by atoms with Crippen molar-refractivity contribution in [2.45, 2.75) is 50.4 Å². The molecular formula is C19H25ClN2O3S. The highest BCUT2D eigenvalue weighted by atomic mass is 35.5. The molecule has 0 bridgehead atoms. The van der Waals surface area contributed by atoms with E-state index in [0.717, 1.165) is 12.8 Å². The maximum Gasteiger partial charge on any atom is 0.267 e. The van der Waals surface area contributed by atoms with Gasteiger partial charge >= 0.3 is 0 Å². The number of rotatable bonds is 5. The van der Waals surface area contributed by atoms with Crippen molar-refractivity contribution in [2.24, 2.45) is 5.92 Å². The van der Waals surface area contributed by atoms with E-state index in [1.165, 1.54) is 19.3 Å². The molecule has 1 saturated heterocycles. The average molecular weight is 397 g/mol. The van der Waals surface area contributed by atoms with Crippen LogP contribution in [0.5, 0.6) is 0 Å². The molecule has 2 aliphatic rings. The Labute approximate surface area is 163 Å². The van der Waals surface area contributed by atoms with Crippen LogP contribution in [-0.4, -0.2) is 40.5 Å². The summed E-state index contributed by atoms with van der Waals surface area (Å²) in [4.78, 5) is 32.7. The minimum absolute atomic E-state index is 0.0106. The minimum Gasteiger partial charge on any atom is -0.313 e. The monoisotopic (exact) mass is 396 g/mol. The van der Waals surface area contributed by atoms with E-state index in [1.807, 2.05) is 0 Å². The van der Waals surface area contributed by atoms with E-state index in [9.17, 15) is 9.59 Å². The number of nitrogens with one attached hydrogen (secondary N) is 1. The zero-order valence-corrected chi connectivity index (χ0v) is 16.5. The van der Waals surface area contributed by atoms with Crippen LogP contribution in [-0.2, 0) is 9.63 Å². The Hall–Kier alpha value is -1.24. The van der Waals surface area contributed by atoms with Crippen LogP contribution in [0, 0.1) is 5.92 Å². The third-order valence-corrected chi connectivity index (χ3v) is 6.84. The maximum absolute atomic E-state index is 13.3. The van der Waals surface area contributed by atoms with E-state index in [2.05, 4.69) is 5.48 Å². The maximum atomic E-state index is 13.3. The largest absolute Gasteiger partial charge is 0.313 e. The topological polar surface area (TPSA) is 58.6 Å². The second-order valence-corrected chi connectivity index (χ2v) is 8.29. The number of benzene rings is 1. The fraction of sp³-hybridized carbons (Fsp3) is 0.579. The molecule has 2 unspecified atom stereocenters. The van der Waals surface area contributed by atoms with Crippen LogP contribution in [0.25, 0.3) is 0 Å². The van der Waals surface area contributed by atoms with Gasteiger partial charge in [-0.3, -0.25) is 14.4 Å². The van der Waals surface area contributed by atoms with E-state index in [-0.39, 0.29) is 17.2 Å². The van der Waals surface area contributed by atoms with Gasteiger partial charge < -0.3 is 4.90 Å². The van der Waals surface area contributed by atoms with Crippen molar-refractivity contribution in [1.82, 2.24) is 10.4 Å². The van der Waals surface area contributed by atoms with Crippen molar-refractivity contribution in [1.29, 1.82) is 0 Å². The molecule has 0 spiro atoms. The first-order valence-electron chi connectivity index (χ1n) is 9.24. The van der Waals surface area contributed by atoms with Crippen LogP contribution >= 0.6 is 23.4 Å². The Kier molecular flexibility index (Phi) is 6.84. The van der Waals surface area contributed by atoms with Gasteiger partial charge in [0, 0.05) is 5.75 Å². The Balaban J connectivity index is 1.87. The van der Waals surface area contributed by atoms with Crippen LogP contribution in [0.3, 0.4) is 0 Å². The second kappa shape index (κ2) is 9.11. The number of hydroxylamine groups is 1. The summed E-state index contributed by atoms with van der Waals surface area (Å²) in [6.07, 6.45) is 5.82. The van der Waals surface area contributed by atoms with Crippen molar-refractivity contribution >= 4 is 35.2 Å². The molecule has 1 saturated carbocycles. The van der Waals surface area contributed by atoms with Crippen LogP contribution in [0.4, 0.5) is 0 Å². The number of carbonyl (C=O) groups is 2. The molecule has 26 heavy (non-hydrogen) atoms. The van der Waals surface area contributed by atoms with Gasteiger partial charge in [0.1, 0.15) is 6.04 Å². The second-order valence-electron chi connectivity index (χ2n) is 6.73. The summed E-state index contributed by atoms with van der Waals surface area (Å²) >= 11 is 7.96. The van der Waals surface area contributed by atoms with Gasteiger partial charge in [0.15, 0.2) is 0 Å². The van der Waals surface area contributed by atoms with E-state index < -0.39 is 6.04 Å². The van der Waals surface area contributed by atoms with Crippen molar-refractivity contribution in [3.05, 3.63) is 34.9 Å². The number of hydrogen-bond donors (Lipinski definition) is 1. The molecule has 5 nitrogen and oxygen atoms in total. The molecule has 1 aliphatic carbocycles. The molecule has 1 aromatic rings. The standard InChI is InChI=1S/C19H25ClN2O3S/c1-2-25-21-17(23)16-12-26-19(13-8-4-3-5-9-13)22(16)18(24)14-10-6-7-11-15(14)20/h6-7,10-11,13,16,19H,2-5,8-9,12H2,1H3,(H,21,23). The molecule has 1 heterocycles. The summed E-state index contributed by atoms with van der Waals surface area (Å²) in [5.41, 5.74) is 2.92. The van der Waals surface area contributed by atoms with Crippen molar-refractivity contribution < 1.29 is 14.4 Å². The van der Waals surface area contributed by atoms with E-state index in [1.54, 1.807) is 47.9 Å². The number of carbonyl (C=O) groups excluding carboxylic acids is 2. The zero-order chi connectivity index (χ0) is 18.5. The Morgan fingerprint density at radius 1 is 1.27 bits per heavy atom. The molecule has 2 amide bonds. The Morgan fingerprint density at radius 3 is 2.69 bits per heavy atom. The highest BCUT2D eigenvalue weighted by Gasteiger charge is 2.45. The molecular weight excluding hydrogens is 372 g/mol. The molecule has 1 aromatic carbocycles. The summed E-state index contributed by atoms with van der Waals surface area (Å²) in [6.45, 7) is 2.19. The number of amides is 2. The molecule has 2 fully saturated rings. The SMILES string of the molecule is CCONC(=O)C1CSC(C2CCCCC2)N1C(=O)c1ccccc1Cl. The van der Waals surface area contributed by atoms with Gasteiger partial charge in [0.05, 0.1) is 22.6 Å². The highest BCUT2D eigenvalue weighted by Crippen LogP contribution is 2.41. The lowest BCUT2D eigenvalue weighted by atomic mass is 9.88. The zero-order valence-electron chi connectivity index (χ0n) is 14.9. The van der Waals surface area contributed by atoms with E-state index in [4.69, 9.17) is 16.4 Å². The predicted molar refractivity (Wildman–Crippen MR) is 104 cm³/mol. The first-order valence-corrected chi connectivity index (χ1v) is 10.7.